The van der Waals surface area contributed by atoms with Crippen molar-refractivity contribution >= 4 is 5.97 Å². The molecular formula is C27H31NO4. The van der Waals surface area contributed by atoms with Crippen molar-refractivity contribution in [3.8, 4) is 0 Å². The minimum absolute atomic E-state index is 0.0116. The predicted molar refractivity (Wildman–Crippen MR) is 116 cm³/mol. The van der Waals surface area contributed by atoms with Gasteiger partial charge in [-0.1, -0.05) is 31.7 Å². The molecule has 5 heteroatoms. The number of aliphatic hydroxyl groups is 2. The van der Waals surface area contributed by atoms with Crippen LogP contribution in [0.5, 0.6) is 0 Å². The highest BCUT2D eigenvalue weighted by Gasteiger charge is 2.90. The van der Waals surface area contributed by atoms with E-state index in [4.69, 9.17) is 4.74 Å². The first kappa shape index (κ1) is 18.7. The van der Waals surface area contributed by atoms with Crippen molar-refractivity contribution in [2.75, 3.05) is 6.54 Å². The van der Waals surface area contributed by atoms with Gasteiger partial charge in [0, 0.05) is 41.3 Å². The maximum atomic E-state index is 13.0. The second-order valence-corrected chi connectivity index (χ2v) is 12.4. The zero-order valence-electron chi connectivity index (χ0n) is 18.5. The molecule has 2 spiro atoms. The topological polar surface area (TPSA) is 70.0 Å². The maximum Gasteiger partial charge on any atom is 0.338 e. The van der Waals surface area contributed by atoms with E-state index in [2.05, 4.69) is 18.4 Å². The zero-order chi connectivity index (χ0) is 21.8. The highest BCUT2D eigenvalue weighted by atomic mass is 16.5. The van der Waals surface area contributed by atoms with Crippen molar-refractivity contribution in [3.05, 3.63) is 48.0 Å². The van der Waals surface area contributed by atoms with Crippen LogP contribution < -0.4 is 0 Å². The van der Waals surface area contributed by atoms with Crippen LogP contribution >= 0.6 is 0 Å². The summed E-state index contributed by atoms with van der Waals surface area (Å²) in [7, 11) is 0. The molecule has 9 aliphatic rings. The molecule has 3 aliphatic heterocycles. The van der Waals surface area contributed by atoms with Crippen LogP contribution in [0.4, 0.5) is 0 Å². The molecule has 0 amide bonds. The Kier molecular flexibility index (Phi) is 3.12. The fraction of sp³-hybridized carbons (Fsp3) is 0.667. The number of benzene rings is 1. The Labute approximate surface area is 188 Å². The summed E-state index contributed by atoms with van der Waals surface area (Å²) in [5.41, 5.74) is 1.28. The van der Waals surface area contributed by atoms with Crippen molar-refractivity contribution in [2.45, 2.75) is 63.0 Å². The summed E-state index contributed by atoms with van der Waals surface area (Å²) in [5, 5.41) is 23.2. The molecule has 1 aromatic rings. The second-order valence-electron chi connectivity index (χ2n) is 12.4. The average molecular weight is 434 g/mol. The number of hydrogen-bond donors (Lipinski definition) is 2. The van der Waals surface area contributed by atoms with E-state index >= 15 is 0 Å². The van der Waals surface area contributed by atoms with E-state index in [0.717, 1.165) is 37.8 Å². The molecule has 13 atom stereocenters. The molecule has 0 aromatic heterocycles. The number of aliphatic hydroxyl groups excluding tert-OH is 2. The van der Waals surface area contributed by atoms with Crippen LogP contribution in [0.2, 0.25) is 0 Å². The zero-order valence-corrected chi connectivity index (χ0v) is 18.5. The third-order valence-corrected chi connectivity index (χ3v) is 11.5. The van der Waals surface area contributed by atoms with Crippen LogP contribution in [0.15, 0.2) is 42.5 Å². The minimum Gasteiger partial charge on any atom is -0.459 e. The lowest BCUT2D eigenvalue weighted by Crippen LogP contribution is -2.69. The third-order valence-electron chi connectivity index (χ3n) is 11.5. The Hall–Kier alpha value is -1.69. The Morgan fingerprint density at radius 3 is 2.69 bits per heavy atom. The van der Waals surface area contributed by atoms with Gasteiger partial charge in [0.05, 0.1) is 17.8 Å². The van der Waals surface area contributed by atoms with E-state index < -0.39 is 12.2 Å². The Morgan fingerprint density at radius 2 is 1.91 bits per heavy atom. The Morgan fingerprint density at radius 1 is 1.12 bits per heavy atom. The van der Waals surface area contributed by atoms with E-state index in [9.17, 15) is 15.0 Å². The molecule has 168 valence electrons. The molecule has 6 aliphatic carbocycles. The first-order valence-electron chi connectivity index (χ1n) is 12.4. The number of esters is 1. The summed E-state index contributed by atoms with van der Waals surface area (Å²) in [4.78, 5) is 15.7. The van der Waals surface area contributed by atoms with E-state index in [-0.39, 0.29) is 40.2 Å². The molecule has 9 fully saturated rings. The number of hydrogen-bond acceptors (Lipinski definition) is 5. The second kappa shape index (κ2) is 5.34. The molecule has 32 heavy (non-hydrogen) atoms. The first-order valence-corrected chi connectivity index (χ1v) is 12.4. The molecular weight excluding hydrogens is 402 g/mol. The molecule has 0 radical (unpaired) electrons. The van der Waals surface area contributed by atoms with Gasteiger partial charge in [-0.25, -0.2) is 4.79 Å². The molecule has 6 saturated carbocycles. The van der Waals surface area contributed by atoms with Crippen LogP contribution in [0.25, 0.3) is 0 Å². The minimum atomic E-state index is -0.497. The van der Waals surface area contributed by atoms with E-state index in [1.54, 1.807) is 0 Å². The number of rotatable bonds is 2. The van der Waals surface area contributed by atoms with Gasteiger partial charge in [0.25, 0.3) is 0 Å². The van der Waals surface area contributed by atoms with Crippen molar-refractivity contribution < 1.29 is 19.7 Å². The fourth-order valence-electron chi connectivity index (χ4n) is 11.4. The van der Waals surface area contributed by atoms with Gasteiger partial charge in [-0.3, -0.25) is 4.90 Å². The lowest BCUT2D eigenvalue weighted by molar-refractivity contribution is -0.220. The number of fused-ring (bicyclic) bond motifs is 1. The lowest BCUT2D eigenvalue weighted by atomic mass is 9.39. The maximum absolute atomic E-state index is 13.0. The molecule has 3 saturated heterocycles. The van der Waals surface area contributed by atoms with Gasteiger partial charge < -0.3 is 14.9 Å². The summed E-state index contributed by atoms with van der Waals surface area (Å²) in [6.45, 7) is 7.70. The fourth-order valence-corrected chi connectivity index (χ4v) is 11.4. The largest absolute Gasteiger partial charge is 0.459 e. The SMILES string of the molecule is C=C1[C@H]2CC3C4N5C[C@]6(C)C[C@H](OC(=O)c7ccccc7)CC47[C@H]([C@H]2O)C3(C[C@@H]5[C@@H]76)[C@H]1O. The molecule has 9 bridgehead atoms. The van der Waals surface area contributed by atoms with Crippen LogP contribution in [0, 0.1) is 39.9 Å². The van der Waals surface area contributed by atoms with Crippen LogP contribution in [-0.2, 0) is 4.74 Å². The van der Waals surface area contributed by atoms with Gasteiger partial charge in [0.2, 0.25) is 0 Å². The summed E-state index contributed by atoms with van der Waals surface area (Å²) in [6.07, 6.45) is 2.63. The summed E-state index contributed by atoms with van der Waals surface area (Å²) >= 11 is 0. The first-order chi connectivity index (χ1) is 15.3. The number of carbonyl (C=O) groups excluding carboxylic acids is 1. The van der Waals surface area contributed by atoms with E-state index in [1.165, 1.54) is 0 Å². The van der Waals surface area contributed by atoms with Gasteiger partial charge in [-0.05, 0) is 60.6 Å². The number of ether oxygens (including phenoxy) is 1. The third kappa shape index (κ3) is 1.67. The molecule has 3 heterocycles. The molecule has 1 aromatic carbocycles. The van der Waals surface area contributed by atoms with Gasteiger partial charge in [0.1, 0.15) is 6.10 Å². The standard InChI is InChI=1S/C27H31NO4/c1-13-16-8-17-22-27-10-15(32-24(31)14-6-4-3-5-7-14)9-25(2)12-28(22)18(20(25)27)11-26(17,23(13)30)21(27)19(16)29/h3-7,15-23,29-30H,1,8-12H2,2H3/t15-,16+,17?,18+,19-,20+,21+,22?,23-,25-,26?,27?/m0/s1. The van der Waals surface area contributed by atoms with Crippen molar-refractivity contribution in [2.24, 2.45) is 39.9 Å². The Bertz CT molecular complexity index is 1070. The van der Waals surface area contributed by atoms with Gasteiger partial charge in [-0.15, -0.1) is 0 Å². The number of piperidine rings is 2. The molecule has 5 nitrogen and oxygen atoms in total. The Balaban J connectivity index is 1.24. The molecule has 10 rings (SSSR count). The van der Waals surface area contributed by atoms with E-state index in [1.807, 2.05) is 30.3 Å². The van der Waals surface area contributed by atoms with Crippen molar-refractivity contribution in [3.63, 3.8) is 0 Å². The summed E-state index contributed by atoms with van der Waals surface area (Å²) in [5.74, 6) is 0.822. The van der Waals surface area contributed by atoms with Gasteiger partial charge >= 0.3 is 5.97 Å². The average Bonchev–Trinajstić information content (AvgIpc) is 3.19. The summed E-state index contributed by atoms with van der Waals surface area (Å²) in [6, 6.07) is 10.2. The monoisotopic (exact) mass is 433 g/mol. The molecule has 5 unspecified atom stereocenters. The normalized spacial score (nSPS) is 59.7. The molecule has 2 N–H and O–H groups in total. The van der Waals surface area contributed by atoms with Gasteiger partial charge in [-0.2, -0.15) is 0 Å². The number of nitrogens with zero attached hydrogens (tertiary/aromatic N) is 1. The number of carbonyl (C=O) groups is 1. The quantitative estimate of drug-likeness (QED) is 0.554. The van der Waals surface area contributed by atoms with Crippen molar-refractivity contribution in [1.29, 1.82) is 0 Å². The lowest BCUT2D eigenvalue weighted by Gasteiger charge is -2.66. The van der Waals surface area contributed by atoms with Crippen LogP contribution in [0.1, 0.15) is 43.0 Å². The highest BCUT2D eigenvalue weighted by molar-refractivity contribution is 5.89. The summed E-state index contributed by atoms with van der Waals surface area (Å²) < 4.78 is 6.19. The van der Waals surface area contributed by atoms with Crippen LogP contribution in [-0.4, -0.2) is 58.0 Å². The highest BCUT2D eigenvalue weighted by Crippen LogP contribution is 2.87. The smallest absolute Gasteiger partial charge is 0.338 e. The predicted octanol–water partition coefficient (Wildman–Crippen LogP) is 2.63. The van der Waals surface area contributed by atoms with Crippen LogP contribution in [0.3, 0.4) is 0 Å². The van der Waals surface area contributed by atoms with Crippen molar-refractivity contribution in [1.82, 2.24) is 4.90 Å². The van der Waals surface area contributed by atoms with Gasteiger partial charge in [0.15, 0.2) is 0 Å². The van der Waals surface area contributed by atoms with E-state index in [0.29, 0.717) is 29.5 Å².